The van der Waals surface area contributed by atoms with Gasteiger partial charge in [0.15, 0.2) is 0 Å². The molecule has 0 aliphatic heterocycles. The van der Waals surface area contributed by atoms with Crippen LogP contribution < -0.4 is 4.89 Å². The van der Waals surface area contributed by atoms with Crippen LogP contribution in [0.1, 0.15) is 219 Å². The van der Waals surface area contributed by atoms with Crippen LogP contribution in [0, 0.1) is 0 Å². The molecule has 0 radical (unpaired) electrons. The molecule has 0 bridgehead atoms. The van der Waals surface area contributed by atoms with Crippen molar-refractivity contribution < 1.29 is 37.3 Å². The Morgan fingerprint density at radius 2 is 0.965 bits per heavy atom. The summed E-state index contributed by atoms with van der Waals surface area (Å²) in [7, 11) is 1.36. The van der Waals surface area contributed by atoms with Gasteiger partial charge in [0, 0.05) is 13.0 Å². The van der Waals surface area contributed by atoms with Crippen LogP contribution in [-0.2, 0) is 27.9 Å². The van der Waals surface area contributed by atoms with Gasteiger partial charge in [0.2, 0.25) is 0 Å². The molecule has 0 aromatic heterocycles. The minimum Gasteiger partial charge on any atom is -0.756 e. The van der Waals surface area contributed by atoms with E-state index < -0.39 is 13.9 Å². The lowest BCUT2D eigenvalue weighted by atomic mass is 10.0. The van der Waals surface area contributed by atoms with E-state index in [0.29, 0.717) is 24.1 Å². The van der Waals surface area contributed by atoms with Gasteiger partial charge in [0.1, 0.15) is 19.3 Å². The van der Waals surface area contributed by atoms with E-state index in [0.717, 1.165) is 38.5 Å². The lowest BCUT2D eigenvalue weighted by molar-refractivity contribution is -0.870. The molecular weight excluding hydrogens is 734 g/mol. The third-order valence-electron chi connectivity index (χ3n) is 10.5. The largest absolute Gasteiger partial charge is 0.756 e. The molecule has 0 fully saturated rings. The van der Waals surface area contributed by atoms with E-state index in [1.165, 1.54) is 161 Å². The number of likely N-dealkylation sites (N-methyl/N-ethyl adjacent to an activating group) is 1. The minimum absolute atomic E-state index is 0.0282. The molecule has 0 N–H and O–H groups in total. The van der Waals surface area contributed by atoms with E-state index in [9.17, 15) is 14.3 Å². The molecule has 0 saturated heterocycles. The number of rotatable bonds is 45. The van der Waals surface area contributed by atoms with E-state index in [1.54, 1.807) is 0 Å². The highest BCUT2D eigenvalue weighted by atomic mass is 31.2. The number of carbonyl (C=O) groups excluding carboxylic acids is 1. The highest BCUT2D eigenvalue weighted by Gasteiger charge is 2.20. The highest BCUT2D eigenvalue weighted by molar-refractivity contribution is 7.45. The molecule has 0 aromatic rings. The van der Waals surface area contributed by atoms with Crippen molar-refractivity contribution in [2.75, 3.05) is 54.1 Å². The molecule has 2 unspecified atom stereocenters. The molecule has 0 aliphatic rings. The molecule has 8 nitrogen and oxygen atoms in total. The SMILES string of the molecule is CCCCCCC/C=C\C/C=C\CCCCCCCCCCCCCCOCC(COP(=O)([O-])OCC[N+](C)(C)C)OC(=O)CCCCCCCCCCCCC. The lowest BCUT2D eigenvalue weighted by Gasteiger charge is -2.28. The summed E-state index contributed by atoms with van der Waals surface area (Å²) in [6, 6.07) is 0. The van der Waals surface area contributed by atoms with E-state index >= 15 is 0 Å². The zero-order chi connectivity index (χ0) is 42.0. The molecule has 0 spiro atoms. The molecule has 0 saturated carbocycles. The Labute approximate surface area is 353 Å². The maximum atomic E-state index is 12.7. The predicted molar refractivity (Wildman–Crippen MR) is 240 cm³/mol. The molecule has 2 atom stereocenters. The quantitative estimate of drug-likeness (QED) is 0.0198. The number of allylic oxidation sites excluding steroid dienone is 4. The average molecular weight is 828 g/mol. The van der Waals surface area contributed by atoms with Crippen LogP contribution >= 0.6 is 7.82 Å². The fourth-order valence-electron chi connectivity index (χ4n) is 6.75. The van der Waals surface area contributed by atoms with Gasteiger partial charge < -0.3 is 27.9 Å². The maximum Gasteiger partial charge on any atom is 0.306 e. The van der Waals surface area contributed by atoms with Crippen LogP contribution in [0.25, 0.3) is 0 Å². The van der Waals surface area contributed by atoms with E-state index in [4.69, 9.17) is 18.5 Å². The summed E-state index contributed by atoms with van der Waals surface area (Å²) in [5, 5.41) is 0. The Hall–Kier alpha value is -1.02. The number of esters is 1. The monoisotopic (exact) mass is 828 g/mol. The predicted octanol–water partition coefficient (Wildman–Crippen LogP) is 13.8. The topological polar surface area (TPSA) is 94.1 Å². The van der Waals surface area contributed by atoms with Crippen molar-refractivity contribution in [2.45, 2.75) is 225 Å². The summed E-state index contributed by atoms with van der Waals surface area (Å²) in [6.45, 7) is 5.42. The van der Waals surface area contributed by atoms with Crippen LogP contribution in [0.15, 0.2) is 24.3 Å². The maximum absolute atomic E-state index is 12.7. The second-order valence-corrected chi connectivity index (χ2v) is 18.9. The molecule has 57 heavy (non-hydrogen) atoms. The number of hydrogen-bond acceptors (Lipinski definition) is 7. The molecule has 0 aromatic carbocycles. The van der Waals surface area contributed by atoms with Crippen LogP contribution in [0.4, 0.5) is 0 Å². The van der Waals surface area contributed by atoms with Crippen molar-refractivity contribution >= 4 is 13.8 Å². The summed E-state index contributed by atoms with van der Waals surface area (Å²) in [6.07, 6.45) is 47.7. The number of nitrogens with zero attached hydrogens (tertiary/aromatic N) is 1. The van der Waals surface area contributed by atoms with Gasteiger partial charge >= 0.3 is 5.97 Å². The third-order valence-corrected chi connectivity index (χ3v) is 11.5. The Kier molecular flexibility index (Phi) is 41.0. The Morgan fingerprint density at radius 1 is 0.544 bits per heavy atom. The van der Waals surface area contributed by atoms with Crippen molar-refractivity contribution in [3.8, 4) is 0 Å². The molecule has 338 valence electrons. The van der Waals surface area contributed by atoms with Crippen LogP contribution in [0.5, 0.6) is 0 Å². The summed E-state index contributed by atoms with van der Waals surface area (Å²) in [4.78, 5) is 25.0. The van der Waals surface area contributed by atoms with Crippen LogP contribution in [0.3, 0.4) is 0 Å². The van der Waals surface area contributed by atoms with E-state index in [2.05, 4.69) is 38.2 Å². The summed E-state index contributed by atoms with van der Waals surface area (Å²) in [5.41, 5.74) is 0. The molecule has 0 heterocycles. The first-order valence-electron chi connectivity index (χ1n) is 24.1. The standard InChI is InChI=1S/C48H94NO7P/c1-6-8-10-12-14-16-18-19-20-21-22-23-24-25-26-27-28-29-30-32-34-36-38-40-43-53-45-47(46-55-57(51,52)54-44-42-49(3,4)5)56-48(50)41-39-37-35-33-31-17-15-13-11-9-7-2/h18-19,21-22,47H,6-17,20,23-46H2,1-5H3/b19-18-,22-21-. The van der Waals surface area contributed by atoms with Crippen LogP contribution in [0.2, 0.25) is 0 Å². The van der Waals surface area contributed by atoms with Crippen molar-refractivity contribution in [2.24, 2.45) is 0 Å². The van der Waals surface area contributed by atoms with Gasteiger partial charge in [-0.2, -0.15) is 0 Å². The van der Waals surface area contributed by atoms with Gasteiger partial charge in [-0.25, -0.2) is 0 Å². The summed E-state index contributed by atoms with van der Waals surface area (Å²) < 4.78 is 34.6. The molecule has 0 aliphatic carbocycles. The first-order valence-corrected chi connectivity index (χ1v) is 25.5. The minimum atomic E-state index is -4.52. The number of carbonyl (C=O) groups is 1. The number of ether oxygens (including phenoxy) is 2. The molecular formula is C48H94NO7P. The van der Waals surface area contributed by atoms with Crippen molar-refractivity contribution in [3.63, 3.8) is 0 Å². The first kappa shape index (κ1) is 56.0. The first-order chi connectivity index (χ1) is 27.6. The fraction of sp³-hybridized carbons (Fsp3) is 0.896. The molecule has 0 amide bonds. The van der Waals surface area contributed by atoms with Crippen LogP contribution in [-0.4, -0.2) is 70.7 Å². The average Bonchev–Trinajstić information content (AvgIpc) is 3.16. The number of hydrogen-bond donors (Lipinski definition) is 0. The third kappa shape index (κ3) is 45.9. The molecule has 9 heteroatoms. The van der Waals surface area contributed by atoms with Crippen molar-refractivity contribution in [1.29, 1.82) is 0 Å². The zero-order valence-corrected chi connectivity index (χ0v) is 39.2. The number of phosphoric ester groups is 1. The highest BCUT2D eigenvalue weighted by Crippen LogP contribution is 2.38. The van der Waals surface area contributed by atoms with Gasteiger partial charge in [-0.1, -0.05) is 192 Å². The van der Waals surface area contributed by atoms with Gasteiger partial charge in [-0.15, -0.1) is 0 Å². The normalized spacial score (nSPS) is 13.9. The number of phosphoric acid groups is 1. The fourth-order valence-corrected chi connectivity index (χ4v) is 7.48. The second kappa shape index (κ2) is 41.7. The van der Waals surface area contributed by atoms with Gasteiger partial charge in [0.05, 0.1) is 34.4 Å². The smallest absolute Gasteiger partial charge is 0.306 e. The Balaban J connectivity index is 4.05. The number of unbranched alkanes of at least 4 members (excludes halogenated alkanes) is 27. The summed E-state index contributed by atoms with van der Waals surface area (Å²) in [5.74, 6) is -0.333. The molecule has 0 rings (SSSR count). The van der Waals surface area contributed by atoms with Crippen molar-refractivity contribution in [1.82, 2.24) is 0 Å². The van der Waals surface area contributed by atoms with Gasteiger partial charge in [-0.05, 0) is 44.9 Å². The van der Waals surface area contributed by atoms with Gasteiger partial charge in [0.25, 0.3) is 7.82 Å². The van der Waals surface area contributed by atoms with Gasteiger partial charge in [-0.3, -0.25) is 9.36 Å². The second-order valence-electron chi connectivity index (χ2n) is 17.5. The lowest BCUT2D eigenvalue weighted by Crippen LogP contribution is -2.37. The van der Waals surface area contributed by atoms with Crippen molar-refractivity contribution in [3.05, 3.63) is 24.3 Å². The Morgan fingerprint density at radius 3 is 1.42 bits per heavy atom. The Bertz CT molecular complexity index is 967. The van der Waals surface area contributed by atoms with E-state index in [1.807, 2.05) is 21.1 Å². The summed E-state index contributed by atoms with van der Waals surface area (Å²) >= 11 is 0. The zero-order valence-electron chi connectivity index (χ0n) is 38.3. The number of quaternary nitrogens is 1. The van der Waals surface area contributed by atoms with E-state index in [-0.39, 0.29) is 25.8 Å².